The second-order valence-corrected chi connectivity index (χ2v) is 7.66. The zero-order chi connectivity index (χ0) is 20.7. The van der Waals surface area contributed by atoms with Gasteiger partial charge in [0.25, 0.3) is 0 Å². The van der Waals surface area contributed by atoms with E-state index in [4.69, 9.17) is 15.5 Å². The van der Waals surface area contributed by atoms with Crippen molar-refractivity contribution in [3.05, 3.63) is 48.7 Å². The molecule has 1 unspecified atom stereocenters. The molecule has 1 fully saturated rings. The largest absolute Gasteiger partial charge is 0.381 e. The third kappa shape index (κ3) is 3.25. The predicted octanol–water partition coefficient (Wildman–Crippen LogP) is 3.09. The lowest BCUT2D eigenvalue weighted by Crippen LogP contribution is -2.37. The van der Waals surface area contributed by atoms with Crippen LogP contribution in [0.4, 0.5) is 4.39 Å². The molecule has 154 valence electrons. The van der Waals surface area contributed by atoms with Gasteiger partial charge in [-0.2, -0.15) is 5.10 Å². The van der Waals surface area contributed by atoms with Crippen molar-refractivity contribution in [3.63, 3.8) is 0 Å². The van der Waals surface area contributed by atoms with Gasteiger partial charge in [0.05, 0.1) is 23.4 Å². The zero-order valence-corrected chi connectivity index (χ0v) is 16.5. The average molecular weight is 407 g/mol. The third-order valence-electron chi connectivity index (χ3n) is 5.72. The summed E-state index contributed by atoms with van der Waals surface area (Å²) in [5, 5.41) is 6.74. The second-order valence-electron chi connectivity index (χ2n) is 7.66. The van der Waals surface area contributed by atoms with Gasteiger partial charge in [0.15, 0.2) is 5.82 Å². The fourth-order valence-corrected chi connectivity index (χ4v) is 4.34. The Morgan fingerprint density at radius 1 is 1.20 bits per heavy atom. The molecule has 0 aliphatic heterocycles. The molecule has 5 rings (SSSR count). The highest BCUT2D eigenvalue weighted by Gasteiger charge is 2.31. The summed E-state index contributed by atoms with van der Waals surface area (Å²) in [6.07, 6.45) is 5.50. The predicted molar refractivity (Wildman–Crippen MR) is 110 cm³/mol. The van der Waals surface area contributed by atoms with Crippen molar-refractivity contribution in [2.75, 3.05) is 7.11 Å². The Labute approximate surface area is 172 Å². The minimum Gasteiger partial charge on any atom is -0.381 e. The summed E-state index contributed by atoms with van der Waals surface area (Å²) < 4.78 is 22.4. The van der Waals surface area contributed by atoms with Crippen LogP contribution in [-0.2, 0) is 4.74 Å². The van der Waals surface area contributed by atoms with E-state index in [1.54, 1.807) is 25.4 Å². The summed E-state index contributed by atoms with van der Waals surface area (Å²) in [6, 6.07) is 8.60. The van der Waals surface area contributed by atoms with Gasteiger partial charge in [0.1, 0.15) is 29.2 Å². The zero-order valence-electron chi connectivity index (χ0n) is 16.5. The van der Waals surface area contributed by atoms with Crippen molar-refractivity contribution in [1.29, 1.82) is 0 Å². The van der Waals surface area contributed by atoms with Crippen LogP contribution in [-0.4, -0.2) is 49.0 Å². The van der Waals surface area contributed by atoms with Gasteiger partial charge in [-0.15, -0.1) is 0 Å². The highest BCUT2D eigenvalue weighted by molar-refractivity contribution is 5.83. The molecule has 3 N–H and O–H groups in total. The molecule has 3 heterocycles. The molecular formula is C21H22FN7O. The van der Waals surface area contributed by atoms with E-state index in [2.05, 4.69) is 24.7 Å². The maximum absolute atomic E-state index is 14.7. The van der Waals surface area contributed by atoms with Crippen molar-refractivity contribution in [2.45, 2.75) is 37.5 Å². The van der Waals surface area contributed by atoms with Crippen LogP contribution in [0.15, 0.2) is 42.9 Å². The van der Waals surface area contributed by atoms with E-state index in [1.165, 1.54) is 12.4 Å². The molecule has 1 aromatic carbocycles. The highest BCUT2D eigenvalue weighted by atomic mass is 19.1. The van der Waals surface area contributed by atoms with E-state index in [-0.39, 0.29) is 24.0 Å². The molecule has 0 amide bonds. The molecule has 1 aliphatic rings. The summed E-state index contributed by atoms with van der Waals surface area (Å²) in [4.78, 5) is 13.4. The highest BCUT2D eigenvalue weighted by Crippen LogP contribution is 2.37. The fraction of sp³-hybridized carbons (Fsp3) is 0.333. The Kier molecular flexibility index (Phi) is 4.76. The molecule has 4 aromatic rings. The normalized spacial score (nSPS) is 21.9. The van der Waals surface area contributed by atoms with Gasteiger partial charge in [0, 0.05) is 19.2 Å². The molecule has 3 atom stereocenters. The number of nitrogens with two attached hydrogens (primary N) is 1. The van der Waals surface area contributed by atoms with Crippen LogP contribution in [0.3, 0.4) is 0 Å². The number of hydrogen-bond acceptors (Lipinski definition) is 6. The van der Waals surface area contributed by atoms with Gasteiger partial charge in [-0.3, -0.25) is 10.1 Å². The van der Waals surface area contributed by atoms with E-state index < -0.39 is 0 Å². The first-order chi connectivity index (χ1) is 14.6. The van der Waals surface area contributed by atoms with Gasteiger partial charge in [-0.25, -0.2) is 14.4 Å². The van der Waals surface area contributed by atoms with Crippen LogP contribution >= 0.6 is 0 Å². The first-order valence-electron chi connectivity index (χ1n) is 9.91. The number of methoxy groups -OCH3 is 1. The maximum Gasteiger partial charge on any atom is 0.174 e. The fourth-order valence-electron chi connectivity index (χ4n) is 4.34. The van der Waals surface area contributed by atoms with Crippen LogP contribution in [0, 0.1) is 5.82 Å². The SMILES string of the molecule is CO[C@@H]1CC(n2c(-c3ccccc3F)nc3cnc(-c4ncn[nH]4)cc32)C[C@@H](N)C1. The number of nitrogens with zero attached hydrogens (tertiary/aromatic N) is 5. The molecule has 0 bridgehead atoms. The van der Waals surface area contributed by atoms with Crippen LogP contribution in [0.1, 0.15) is 25.3 Å². The van der Waals surface area contributed by atoms with Gasteiger partial charge < -0.3 is 15.0 Å². The van der Waals surface area contributed by atoms with Crippen LogP contribution < -0.4 is 5.73 Å². The van der Waals surface area contributed by atoms with Crippen molar-refractivity contribution < 1.29 is 9.13 Å². The quantitative estimate of drug-likeness (QED) is 0.538. The Bertz CT molecular complexity index is 1170. The van der Waals surface area contributed by atoms with E-state index in [1.807, 2.05) is 12.1 Å². The first kappa shape index (κ1) is 18.8. The first-order valence-corrected chi connectivity index (χ1v) is 9.91. The molecule has 0 saturated heterocycles. The molecule has 1 aliphatic carbocycles. The summed E-state index contributed by atoms with van der Waals surface area (Å²) in [7, 11) is 1.70. The van der Waals surface area contributed by atoms with Crippen molar-refractivity contribution in [1.82, 2.24) is 29.7 Å². The molecule has 9 heteroatoms. The number of H-pyrrole nitrogens is 1. The number of halogens is 1. The van der Waals surface area contributed by atoms with Crippen molar-refractivity contribution in [3.8, 4) is 22.9 Å². The van der Waals surface area contributed by atoms with Crippen LogP contribution in [0.5, 0.6) is 0 Å². The lowest BCUT2D eigenvalue weighted by molar-refractivity contribution is 0.0468. The number of aromatic nitrogens is 6. The Hall–Kier alpha value is -3.17. The summed E-state index contributed by atoms with van der Waals surface area (Å²) >= 11 is 0. The molecule has 30 heavy (non-hydrogen) atoms. The molecule has 0 spiro atoms. The number of ether oxygens (including phenoxy) is 1. The van der Waals surface area contributed by atoms with E-state index in [0.29, 0.717) is 28.4 Å². The van der Waals surface area contributed by atoms with Gasteiger partial charge in [-0.1, -0.05) is 12.1 Å². The molecule has 0 radical (unpaired) electrons. The number of rotatable bonds is 4. The van der Waals surface area contributed by atoms with E-state index in [0.717, 1.165) is 24.8 Å². The summed E-state index contributed by atoms with van der Waals surface area (Å²) in [5.41, 5.74) is 8.97. The Morgan fingerprint density at radius 3 is 2.83 bits per heavy atom. The standard InChI is InChI=1S/C21H22FN7O/c1-30-14-7-12(23)6-13(8-14)29-19-9-17(20-25-11-26-28-20)24-10-18(19)27-21(29)15-4-2-3-5-16(15)22/h2-5,9-14H,6-8,23H2,1H3,(H,25,26,28)/t12-,13?,14+/m1/s1. The summed E-state index contributed by atoms with van der Waals surface area (Å²) in [6.45, 7) is 0. The second kappa shape index (κ2) is 7.58. The number of imidazole rings is 1. The number of hydrogen-bond donors (Lipinski definition) is 2. The number of nitrogens with one attached hydrogen (secondary N) is 1. The van der Waals surface area contributed by atoms with Gasteiger partial charge >= 0.3 is 0 Å². The lowest BCUT2D eigenvalue weighted by Gasteiger charge is -2.34. The number of benzene rings is 1. The Morgan fingerprint density at radius 2 is 2.07 bits per heavy atom. The lowest BCUT2D eigenvalue weighted by atomic mass is 9.88. The average Bonchev–Trinajstić information content (AvgIpc) is 3.41. The minimum atomic E-state index is -0.319. The number of fused-ring (bicyclic) bond motifs is 1. The molecule has 3 aromatic heterocycles. The monoisotopic (exact) mass is 407 g/mol. The topological polar surface area (TPSA) is 108 Å². The number of aromatic amines is 1. The third-order valence-corrected chi connectivity index (χ3v) is 5.72. The van der Waals surface area contributed by atoms with Crippen molar-refractivity contribution >= 4 is 11.0 Å². The summed E-state index contributed by atoms with van der Waals surface area (Å²) in [5.74, 6) is 0.807. The van der Waals surface area contributed by atoms with Gasteiger partial charge in [0.2, 0.25) is 0 Å². The van der Waals surface area contributed by atoms with Crippen molar-refractivity contribution in [2.24, 2.45) is 5.73 Å². The van der Waals surface area contributed by atoms with Gasteiger partial charge in [-0.05, 0) is 37.5 Å². The maximum atomic E-state index is 14.7. The van der Waals surface area contributed by atoms with Crippen LogP contribution in [0.2, 0.25) is 0 Å². The van der Waals surface area contributed by atoms with E-state index >= 15 is 0 Å². The minimum absolute atomic E-state index is 0.00444. The molecular weight excluding hydrogens is 385 g/mol. The molecule has 1 saturated carbocycles. The Balaban J connectivity index is 1.72. The smallest absolute Gasteiger partial charge is 0.174 e. The molecule has 8 nitrogen and oxygen atoms in total. The van der Waals surface area contributed by atoms with E-state index in [9.17, 15) is 4.39 Å². The number of pyridine rings is 1. The van der Waals surface area contributed by atoms with Crippen LogP contribution in [0.25, 0.3) is 33.9 Å².